The molecular formula is C25H50O4. The second-order valence-corrected chi connectivity index (χ2v) is 8.96. The van der Waals surface area contributed by atoms with E-state index < -0.39 is 12.1 Å². The van der Waals surface area contributed by atoms with E-state index in [9.17, 15) is 9.90 Å². The van der Waals surface area contributed by atoms with Crippen LogP contribution in [0.25, 0.3) is 0 Å². The lowest BCUT2D eigenvalue weighted by Crippen LogP contribution is -2.17. The van der Waals surface area contributed by atoms with E-state index in [2.05, 4.69) is 6.92 Å². The topological polar surface area (TPSA) is 77.8 Å². The van der Waals surface area contributed by atoms with Gasteiger partial charge in [0.15, 0.2) is 0 Å². The van der Waals surface area contributed by atoms with Crippen LogP contribution in [-0.4, -0.2) is 34.0 Å². The largest absolute Gasteiger partial charge is 0.481 e. The zero-order valence-electron chi connectivity index (χ0n) is 19.3. The summed E-state index contributed by atoms with van der Waals surface area (Å²) in [5.74, 6) is -0.222. The standard InChI is InChI=1S/C25H50O4/c1-2-3-4-5-6-7-8-9-10-11-12-15-18-23(21-24(27)22-26)19-16-13-14-17-20-25(28)29/h23-24,26-27H,2-22H2,1H3,(H,28,29). The van der Waals surface area contributed by atoms with Crippen LogP contribution >= 0.6 is 0 Å². The molecule has 0 aromatic heterocycles. The fraction of sp³-hybridized carbons (Fsp3) is 0.960. The van der Waals surface area contributed by atoms with E-state index in [0.717, 1.165) is 38.5 Å². The predicted octanol–water partition coefficient (Wildman–Crippen LogP) is 6.86. The molecule has 2 unspecified atom stereocenters. The lowest BCUT2D eigenvalue weighted by Gasteiger charge is -2.19. The van der Waals surface area contributed by atoms with Crippen molar-refractivity contribution in [3.63, 3.8) is 0 Å². The van der Waals surface area contributed by atoms with Crippen molar-refractivity contribution < 1.29 is 20.1 Å². The third-order valence-electron chi connectivity index (χ3n) is 6.04. The molecule has 4 nitrogen and oxygen atoms in total. The second kappa shape index (κ2) is 22.1. The number of hydrogen-bond acceptors (Lipinski definition) is 3. The second-order valence-electron chi connectivity index (χ2n) is 8.96. The van der Waals surface area contributed by atoms with Crippen LogP contribution in [-0.2, 0) is 4.79 Å². The summed E-state index contributed by atoms with van der Waals surface area (Å²) in [6, 6.07) is 0. The Labute approximate surface area is 180 Å². The van der Waals surface area contributed by atoms with Crippen LogP contribution in [0.3, 0.4) is 0 Å². The number of carbonyl (C=O) groups is 1. The van der Waals surface area contributed by atoms with Crippen molar-refractivity contribution in [2.75, 3.05) is 6.61 Å². The van der Waals surface area contributed by atoms with E-state index in [1.54, 1.807) is 0 Å². The van der Waals surface area contributed by atoms with Gasteiger partial charge in [0.25, 0.3) is 0 Å². The Morgan fingerprint density at radius 3 is 1.52 bits per heavy atom. The van der Waals surface area contributed by atoms with Crippen molar-refractivity contribution in [2.24, 2.45) is 5.92 Å². The normalized spacial score (nSPS) is 13.5. The van der Waals surface area contributed by atoms with E-state index in [1.807, 2.05) is 0 Å². The van der Waals surface area contributed by atoms with Crippen LogP contribution in [0.15, 0.2) is 0 Å². The zero-order valence-corrected chi connectivity index (χ0v) is 19.3. The van der Waals surface area contributed by atoms with Crippen molar-refractivity contribution in [1.82, 2.24) is 0 Å². The summed E-state index contributed by atoms with van der Waals surface area (Å²) in [5.41, 5.74) is 0. The van der Waals surface area contributed by atoms with E-state index in [-0.39, 0.29) is 13.0 Å². The van der Waals surface area contributed by atoms with Gasteiger partial charge >= 0.3 is 5.97 Å². The number of rotatable bonds is 23. The lowest BCUT2D eigenvalue weighted by atomic mass is 9.89. The van der Waals surface area contributed by atoms with Crippen LogP contribution in [0.1, 0.15) is 135 Å². The fourth-order valence-electron chi connectivity index (χ4n) is 4.18. The molecule has 174 valence electrons. The quantitative estimate of drug-likeness (QED) is 0.160. The smallest absolute Gasteiger partial charge is 0.303 e. The van der Waals surface area contributed by atoms with Crippen molar-refractivity contribution in [2.45, 2.75) is 141 Å². The average molecular weight is 415 g/mol. The van der Waals surface area contributed by atoms with E-state index in [1.165, 1.54) is 77.0 Å². The first kappa shape index (κ1) is 28.4. The van der Waals surface area contributed by atoms with Crippen molar-refractivity contribution >= 4 is 5.97 Å². The van der Waals surface area contributed by atoms with Crippen LogP contribution in [0, 0.1) is 5.92 Å². The molecule has 0 aliphatic carbocycles. The molecule has 0 radical (unpaired) electrons. The Kier molecular flexibility index (Phi) is 21.6. The van der Waals surface area contributed by atoms with Gasteiger partial charge in [0.1, 0.15) is 0 Å². The Hall–Kier alpha value is -0.610. The first-order valence-corrected chi connectivity index (χ1v) is 12.6. The molecule has 29 heavy (non-hydrogen) atoms. The molecule has 3 N–H and O–H groups in total. The van der Waals surface area contributed by atoms with Gasteiger partial charge in [-0.2, -0.15) is 0 Å². The summed E-state index contributed by atoms with van der Waals surface area (Å²) < 4.78 is 0. The van der Waals surface area contributed by atoms with Crippen molar-refractivity contribution in [1.29, 1.82) is 0 Å². The SMILES string of the molecule is CCCCCCCCCCCCCCC(CCCCCCC(=O)O)CC(O)CO. The van der Waals surface area contributed by atoms with Gasteiger partial charge in [0.2, 0.25) is 0 Å². The van der Waals surface area contributed by atoms with Gasteiger partial charge in [-0.15, -0.1) is 0 Å². The summed E-state index contributed by atoms with van der Waals surface area (Å²) in [6.45, 7) is 2.12. The fourth-order valence-corrected chi connectivity index (χ4v) is 4.18. The highest BCUT2D eigenvalue weighted by Crippen LogP contribution is 2.23. The number of aliphatic hydroxyl groups is 2. The Morgan fingerprint density at radius 2 is 1.10 bits per heavy atom. The third kappa shape index (κ3) is 21.9. The molecule has 0 aromatic carbocycles. The van der Waals surface area contributed by atoms with Gasteiger partial charge in [-0.05, 0) is 18.8 Å². The number of carboxylic acid groups (broad SMARTS) is 1. The van der Waals surface area contributed by atoms with Crippen LogP contribution in [0.5, 0.6) is 0 Å². The highest BCUT2D eigenvalue weighted by molar-refractivity contribution is 5.66. The van der Waals surface area contributed by atoms with Crippen molar-refractivity contribution in [3.8, 4) is 0 Å². The van der Waals surface area contributed by atoms with Gasteiger partial charge in [-0.25, -0.2) is 0 Å². The highest BCUT2D eigenvalue weighted by Gasteiger charge is 2.13. The molecule has 0 rings (SSSR count). The summed E-state index contributed by atoms with van der Waals surface area (Å²) in [5, 5.41) is 27.6. The van der Waals surface area contributed by atoms with Crippen LogP contribution in [0.2, 0.25) is 0 Å². The lowest BCUT2D eigenvalue weighted by molar-refractivity contribution is -0.137. The van der Waals surface area contributed by atoms with Gasteiger partial charge < -0.3 is 15.3 Å². The molecule has 0 saturated carbocycles. The molecule has 0 amide bonds. The van der Waals surface area contributed by atoms with Gasteiger partial charge in [0.05, 0.1) is 12.7 Å². The van der Waals surface area contributed by atoms with Crippen molar-refractivity contribution in [3.05, 3.63) is 0 Å². The zero-order chi connectivity index (χ0) is 21.6. The molecule has 0 fully saturated rings. The van der Waals surface area contributed by atoms with Crippen LogP contribution < -0.4 is 0 Å². The molecule has 0 spiro atoms. The first-order chi connectivity index (χ1) is 14.1. The van der Waals surface area contributed by atoms with E-state index >= 15 is 0 Å². The molecule has 2 atom stereocenters. The van der Waals surface area contributed by atoms with E-state index in [0.29, 0.717) is 12.3 Å². The molecule has 0 aromatic rings. The summed E-state index contributed by atoms with van der Waals surface area (Å²) in [7, 11) is 0. The molecule has 4 heteroatoms. The average Bonchev–Trinajstić information content (AvgIpc) is 2.70. The number of unbranched alkanes of at least 4 members (excludes halogenated alkanes) is 14. The number of aliphatic carboxylic acids is 1. The number of aliphatic hydroxyl groups excluding tert-OH is 2. The highest BCUT2D eigenvalue weighted by atomic mass is 16.4. The Morgan fingerprint density at radius 1 is 0.690 bits per heavy atom. The molecule has 0 saturated heterocycles. The predicted molar refractivity (Wildman–Crippen MR) is 122 cm³/mol. The number of carboxylic acids is 1. The van der Waals surface area contributed by atoms with E-state index in [4.69, 9.17) is 10.2 Å². The van der Waals surface area contributed by atoms with Gasteiger partial charge in [0, 0.05) is 6.42 Å². The molecule has 0 heterocycles. The minimum atomic E-state index is -0.707. The summed E-state index contributed by atoms with van der Waals surface area (Å²) in [6.07, 6.45) is 22.8. The maximum absolute atomic E-state index is 10.5. The van der Waals surface area contributed by atoms with Gasteiger partial charge in [-0.1, -0.05) is 116 Å². The maximum atomic E-state index is 10.5. The minimum Gasteiger partial charge on any atom is -0.481 e. The Bertz CT molecular complexity index is 346. The first-order valence-electron chi connectivity index (χ1n) is 12.6. The number of hydrogen-bond donors (Lipinski definition) is 3. The van der Waals surface area contributed by atoms with Crippen LogP contribution in [0.4, 0.5) is 0 Å². The molecule has 0 aliphatic rings. The summed E-state index contributed by atoms with van der Waals surface area (Å²) in [4.78, 5) is 10.5. The minimum absolute atomic E-state index is 0.145. The molecule has 0 aliphatic heterocycles. The molecular weight excluding hydrogens is 364 g/mol. The summed E-state index contributed by atoms with van der Waals surface area (Å²) >= 11 is 0. The monoisotopic (exact) mass is 414 g/mol. The Balaban J connectivity index is 3.66. The van der Waals surface area contributed by atoms with Gasteiger partial charge in [-0.3, -0.25) is 4.79 Å². The third-order valence-corrected chi connectivity index (χ3v) is 6.04. The molecule has 0 bridgehead atoms. The maximum Gasteiger partial charge on any atom is 0.303 e.